The lowest BCUT2D eigenvalue weighted by molar-refractivity contribution is 0.261. The van der Waals surface area contributed by atoms with Gasteiger partial charge in [0.05, 0.1) is 6.54 Å². The third-order valence-electron chi connectivity index (χ3n) is 2.85. The van der Waals surface area contributed by atoms with Gasteiger partial charge in [-0.05, 0) is 60.9 Å². The second-order valence-corrected chi connectivity index (χ2v) is 5.41. The van der Waals surface area contributed by atoms with Gasteiger partial charge in [0.15, 0.2) is 10.4 Å². The lowest BCUT2D eigenvalue weighted by atomic mass is 10.2. The number of nitrogens with zero attached hydrogens (tertiary/aromatic N) is 3. The van der Waals surface area contributed by atoms with Gasteiger partial charge in [0.2, 0.25) is 5.89 Å². The molecule has 0 fully saturated rings. The molecule has 2 aromatic rings. The number of aromatic nitrogens is 2. The Kier molecular flexibility index (Phi) is 5.75. The standard InChI is InChI=1S/C13H18BrN3O3/c1-17(7-3-2-4-8-18)9-12-15-16-13(20-12)10-5-6-11(14)19-10/h5-6,18H,2-4,7-9H2,1H3. The monoisotopic (exact) mass is 343 g/mol. The van der Waals surface area contributed by atoms with Gasteiger partial charge in [0, 0.05) is 6.61 Å². The molecular weight excluding hydrogens is 326 g/mol. The van der Waals surface area contributed by atoms with Crippen molar-refractivity contribution in [1.29, 1.82) is 0 Å². The van der Waals surface area contributed by atoms with E-state index in [1.165, 1.54) is 0 Å². The van der Waals surface area contributed by atoms with Crippen LogP contribution in [0.5, 0.6) is 0 Å². The van der Waals surface area contributed by atoms with Gasteiger partial charge in [-0.25, -0.2) is 0 Å². The third-order valence-corrected chi connectivity index (χ3v) is 3.28. The zero-order valence-corrected chi connectivity index (χ0v) is 13.0. The normalized spacial score (nSPS) is 11.4. The SMILES string of the molecule is CN(CCCCCO)Cc1nnc(-c2ccc(Br)o2)o1. The van der Waals surface area contributed by atoms with E-state index in [9.17, 15) is 0 Å². The number of unbranched alkanes of at least 4 members (excludes halogenated alkanes) is 2. The van der Waals surface area contributed by atoms with Crippen molar-refractivity contribution in [2.45, 2.75) is 25.8 Å². The van der Waals surface area contributed by atoms with E-state index in [0.717, 1.165) is 25.8 Å². The van der Waals surface area contributed by atoms with Crippen LogP contribution < -0.4 is 0 Å². The summed E-state index contributed by atoms with van der Waals surface area (Å²) >= 11 is 3.24. The summed E-state index contributed by atoms with van der Waals surface area (Å²) in [6, 6.07) is 3.56. The van der Waals surface area contributed by atoms with Crippen LogP contribution in [0, 0.1) is 0 Å². The van der Waals surface area contributed by atoms with Crippen LogP contribution in [-0.4, -0.2) is 40.4 Å². The van der Waals surface area contributed by atoms with Gasteiger partial charge in [0.1, 0.15) is 0 Å². The molecule has 0 bridgehead atoms. The first-order valence-electron chi connectivity index (χ1n) is 6.56. The molecule has 0 saturated heterocycles. The first kappa shape index (κ1) is 15.2. The maximum absolute atomic E-state index is 8.72. The van der Waals surface area contributed by atoms with Crippen molar-refractivity contribution < 1.29 is 13.9 Å². The summed E-state index contributed by atoms with van der Waals surface area (Å²) in [5.74, 6) is 1.51. The number of hydrogen-bond acceptors (Lipinski definition) is 6. The molecule has 1 N–H and O–H groups in total. The van der Waals surface area contributed by atoms with Crippen molar-refractivity contribution in [3.05, 3.63) is 22.7 Å². The predicted octanol–water partition coefficient (Wildman–Crippen LogP) is 2.69. The summed E-state index contributed by atoms with van der Waals surface area (Å²) < 4.78 is 11.6. The highest BCUT2D eigenvalue weighted by molar-refractivity contribution is 9.10. The van der Waals surface area contributed by atoms with E-state index in [2.05, 4.69) is 31.0 Å². The molecule has 110 valence electrons. The van der Waals surface area contributed by atoms with Crippen molar-refractivity contribution in [1.82, 2.24) is 15.1 Å². The van der Waals surface area contributed by atoms with Gasteiger partial charge in [0.25, 0.3) is 5.89 Å². The van der Waals surface area contributed by atoms with Crippen molar-refractivity contribution in [2.24, 2.45) is 0 Å². The van der Waals surface area contributed by atoms with Gasteiger partial charge in [-0.1, -0.05) is 0 Å². The molecule has 0 radical (unpaired) electrons. The van der Waals surface area contributed by atoms with Gasteiger partial charge in [-0.15, -0.1) is 10.2 Å². The fraction of sp³-hybridized carbons (Fsp3) is 0.538. The molecule has 2 rings (SSSR count). The summed E-state index contributed by atoms with van der Waals surface area (Å²) in [5.41, 5.74) is 0. The van der Waals surface area contributed by atoms with Crippen LogP contribution in [0.4, 0.5) is 0 Å². The molecule has 2 heterocycles. The minimum absolute atomic E-state index is 0.259. The molecular formula is C13H18BrN3O3. The summed E-state index contributed by atoms with van der Waals surface area (Å²) in [4.78, 5) is 2.12. The van der Waals surface area contributed by atoms with Crippen LogP contribution in [0.15, 0.2) is 25.6 Å². The van der Waals surface area contributed by atoms with Gasteiger partial charge < -0.3 is 13.9 Å². The molecule has 6 nitrogen and oxygen atoms in total. The summed E-state index contributed by atoms with van der Waals surface area (Å²) in [6.07, 6.45) is 2.92. The molecule has 0 unspecified atom stereocenters. The number of aliphatic hydroxyl groups excluding tert-OH is 1. The second-order valence-electron chi connectivity index (χ2n) is 4.63. The molecule has 2 aromatic heterocycles. The lowest BCUT2D eigenvalue weighted by Crippen LogP contribution is -2.19. The predicted molar refractivity (Wildman–Crippen MR) is 77.0 cm³/mol. The molecule has 0 saturated carbocycles. The average molecular weight is 344 g/mol. The Morgan fingerprint density at radius 1 is 1.20 bits per heavy atom. The topological polar surface area (TPSA) is 75.5 Å². The number of aliphatic hydroxyl groups is 1. The Bertz CT molecular complexity index is 526. The van der Waals surface area contributed by atoms with Crippen molar-refractivity contribution in [3.8, 4) is 11.7 Å². The van der Waals surface area contributed by atoms with Crippen LogP contribution in [0.1, 0.15) is 25.2 Å². The highest BCUT2D eigenvalue weighted by Crippen LogP contribution is 2.23. The second kappa shape index (κ2) is 7.56. The largest absolute Gasteiger partial charge is 0.444 e. The van der Waals surface area contributed by atoms with Crippen LogP contribution in [0.3, 0.4) is 0 Å². The molecule has 0 spiro atoms. The van der Waals surface area contributed by atoms with Crippen LogP contribution in [0.2, 0.25) is 0 Å². The number of hydrogen-bond donors (Lipinski definition) is 1. The van der Waals surface area contributed by atoms with E-state index in [1.807, 2.05) is 7.05 Å². The number of halogens is 1. The Labute approximate surface area is 125 Å². The van der Waals surface area contributed by atoms with Crippen molar-refractivity contribution >= 4 is 15.9 Å². The van der Waals surface area contributed by atoms with Crippen LogP contribution in [0.25, 0.3) is 11.7 Å². The summed E-state index contributed by atoms with van der Waals surface area (Å²) in [5, 5.41) is 16.7. The van der Waals surface area contributed by atoms with E-state index in [0.29, 0.717) is 28.8 Å². The molecule has 20 heavy (non-hydrogen) atoms. The van der Waals surface area contributed by atoms with Gasteiger partial charge in [-0.3, -0.25) is 4.90 Å². The fourth-order valence-corrected chi connectivity index (χ4v) is 2.13. The quantitative estimate of drug-likeness (QED) is 0.742. The van der Waals surface area contributed by atoms with Crippen LogP contribution >= 0.6 is 15.9 Å². The maximum atomic E-state index is 8.72. The Balaban J connectivity index is 1.83. The van der Waals surface area contributed by atoms with Crippen LogP contribution in [-0.2, 0) is 6.54 Å². The van der Waals surface area contributed by atoms with E-state index in [4.69, 9.17) is 13.9 Å². The van der Waals surface area contributed by atoms with Gasteiger partial charge in [-0.2, -0.15) is 0 Å². The molecule has 0 aromatic carbocycles. The van der Waals surface area contributed by atoms with Crippen molar-refractivity contribution in [3.63, 3.8) is 0 Å². The highest BCUT2D eigenvalue weighted by Gasteiger charge is 2.13. The average Bonchev–Trinajstić information content (AvgIpc) is 3.04. The zero-order chi connectivity index (χ0) is 14.4. The molecule has 0 amide bonds. The Morgan fingerprint density at radius 2 is 2.05 bits per heavy atom. The van der Waals surface area contributed by atoms with E-state index in [1.54, 1.807) is 12.1 Å². The van der Waals surface area contributed by atoms with E-state index < -0.39 is 0 Å². The van der Waals surface area contributed by atoms with E-state index in [-0.39, 0.29) is 6.61 Å². The van der Waals surface area contributed by atoms with Gasteiger partial charge >= 0.3 is 0 Å². The highest BCUT2D eigenvalue weighted by atomic mass is 79.9. The molecule has 0 atom stereocenters. The van der Waals surface area contributed by atoms with E-state index >= 15 is 0 Å². The van der Waals surface area contributed by atoms with Crippen molar-refractivity contribution in [2.75, 3.05) is 20.2 Å². The number of furan rings is 1. The number of rotatable bonds is 8. The molecule has 7 heteroatoms. The summed E-state index contributed by atoms with van der Waals surface area (Å²) in [7, 11) is 2.01. The molecule has 0 aliphatic heterocycles. The summed E-state index contributed by atoms with van der Waals surface area (Å²) in [6.45, 7) is 1.80. The first-order valence-corrected chi connectivity index (χ1v) is 7.36. The molecule has 0 aliphatic rings. The third kappa shape index (κ3) is 4.43. The lowest BCUT2D eigenvalue weighted by Gasteiger charge is -2.13. The Hall–Kier alpha value is -1.18. The minimum Gasteiger partial charge on any atom is -0.444 e. The minimum atomic E-state index is 0.259. The maximum Gasteiger partial charge on any atom is 0.283 e. The Morgan fingerprint density at radius 3 is 2.75 bits per heavy atom. The first-order chi connectivity index (χ1) is 9.69. The molecule has 0 aliphatic carbocycles. The smallest absolute Gasteiger partial charge is 0.283 e. The fourth-order valence-electron chi connectivity index (χ4n) is 1.83. The zero-order valence-electron chi connectivity index (χ0n) is 11.4.